The number of nitrogens with two attached hydrogens (primary N) is 1. The number of anilines is 1. The lowest BCUT2D eigenvalue weighted by Gasteiger charge is -2.49. The maximum absolute atomic E-state index is 13.2. The molecule has 2 aliphatic heterocycles. The number of oxime groups is 1. The molecule has 12 nitrogen and oxygen atoms in total. The maximum Gasteiger partial charge on any atom is 0.352 e. The van der Waals surface area contributed by atoms with E-state index in [9.17, 15) is 19.5 Å². The molecule has 196 valence electrons. The van der Waals surface area contributed by atoms with Crippen LogP contribution in [0.4, 0.5) is 5.13 Å². The summed E-state index contributed by atoms with van der Waals surface area (Å²) >= 11 is 2.57. The summed E-state index contributed by atoms with van der Waals surface area (Å²) in [5.74, 6) is -1.47. The molecule has 6 rings (SSSR count). The number of aliphatic carboxylic acids is 1. The highest BCUT2D eigenvalue weighted by molar-refractivity contribution is 8.00. The summed E-state index contributed by atoms with van der Waals surface area (Å²) in [7, 11) is 0. The second-order valence-corrected chi connectivity index (χ2v) is 11.3. The molecule has 38 heavy (non-hydrogen) atoms. The number of pyridine rings is 1. The smallest absolute Gasteiger partial charge is 0.352 e. The highest BCUT2D eigenvalue weighted by atomic mass is 32.2. The number of carbonyl (C=O) groups is 3. The van der Waals surface area contributed by atoms with E-state index in [4.69, 9.17) is 10.6 Å². The quantitative estimate of drug-likeness (QED) is 0.152. The summed E-state index contributed by atoms with van der Waals surface area (Å²) in [6, 6.07) is 4.84. The molecule has 1 aliphatic carbocycles. The van der Waals surface area contributed by atoms with Gasteiger partial charge in [0.05, 0.1) is 6.20 Å². The molecule has 3 aliphatic rings. The molecule has 0 spiro atoms. The number of nitrogen functional groups attached to an aromatic ring is 1. The largest absolute Gasteiger partial charge is 0.477 e. The minimum atomic E-state index is -1.18. The lowest BCUT2D eigenvalue weighted by molar-refractivity contribution is -0.662. The Morgan fingerprint density at radius 1 is 1.32 bits per heavy atom. The van der Waals surface area contributed by atoms with Gasteiger partial charge in [0.2, 0.25) is 0 Å². The fourth-order valence-corrected chi connectivity index (χ4v) is 6.37. The molecular formula is C24H24N7O5S2+. The second-order valence-electron chi connectivity index (χ2n) is 9.26. The molecule has 0 aromatic carbocycles. The number of carboxylic acid groups (broad SMARTS) is 1. The van der Waals surface area contributed by atoms with Crippen molar-refractivity contribution in [3.63, 3.8) is 0 Å². The van der Waals surface area contributed by atoms with Crippen LogP contribution in [0.1, 0.15) is 18.5 Å². The Morgan fingerprint density at radius 3 is 2.89 bits per heavy atom. The summed E-state index contributed by atoms with van der Waals surface area (Å²) in [5, 5.41) is 18.1. The van der Waals surface area contributed by atoms with Crippen LogP contribution in [-0.4, -0.2) is 66.7 Å². The molecule has 1 saturated carbocycles. The number of nitrogens with one attached hydrogen (secondary N) is 1. The van der Waals surface area contributed by atoms with Gasteiger partial charge >= 0.3 is 5.97 Å². The van der Waals surface area contributed by atoms with Crippen LogP contribution in [0.15, 0.2) is 58.6 Å². The Balaban J connectivity index is 1.21. The minimum Gasteiger partial charge on any atom is -0.477 e. The molecule has 0 radical (unpaired) electrons. The van der Waals surface area contributed by atoms with Gasteiger partial charge in [-0.05, 0) is 24.8 Å². The van der Waals surface area contributed by atoms with Crippen LogP contribution in [0.25, 0.3) is 5.65 Å². The number of carbonyl (C=O) groups excluding carboxylic acids is 2. The van der Waals surface area contributed by atoms with Crippen molar-refractivity contribution in [2.45, 2.75) is 30.8 Å². The summed E-state index contributed by atoms with van der Waals surface area (Å²) in [6.07, 6.45) is 7.79. The molecule has 0 unspecified atom stereocenters. The van der Waals surface area contributed by atoms with Crippen molar-refractivity contribution < 1.29 is 28.9 Å². The molecule has 1 saturated heterocycles. The van der Waals surface area contributed by atoms with Crippen molar-refractivity contribution in [3.05, 3.63) is 59.1 Å². The summed E-state index contributed by atoms with van der Waals surface area (Å²) in [6.45, 7) is 0.721. The van der Waals surface area contributed by atoms with Gasteiger partial charge in [0, 0.05) is 22.8 Å². The average molecular weight is 555 g/mol. The van der Waals surface area contributed by atoms with Gasteiger partial charge in [-0.25, -0.2) is 18.7 Å². The third kappa shape index (κ3) is 4.49. The molecule has 5 heterocycles. The van der Waals surface area contributed by atoms with Gasteiger partial charge in [-0.15, -0.1) is 23.1 Å². The number of rotatable bonds is 9. The van der Waals surface area contributed by atoms with Gasteiger partial charge in [-0.1, -0.05) is 11.2 Å². The van der Waals surface area contributed by atoms with Crippen LogP contribution in [0.2, 0.25) is 0 Å². The zero-order valence-electron chi connectivity index (χ0n) is 20.0. The number of hydrogen-bond donors (Lipinski definition) is 3. The number of thiazole rings is 1. The lowest BCUT2D eigenvalue weighted by atomic mass is 10.0. The van der Waals surface area contributed by atoms with Crippen LogP contribution in [0, 0.1) is 5.92 Å². The van der Waals surface area contributed by atoms with E-state index in [1.54, 1.807) is 5.38 Å². The monoisotopic (exact) mass is 554 g/mol. The van der Waals surface area contributed by atoms with Crippen molar-refractivity contribution in [3.8, 4) is 0 Å². The van der Waals surface area contributed by atoms with E-state index in [1.165, 1.54) is 16.7 Å². The third-order valence-corrected chi connectivity index (χ3v) is 8.62. The summed E-state index contributed by atoms with van der Waals surface area (Å²) in [5.41, 5.74) is 7.40. The Labute approximate surface area is 224 Å². The van der Waals surface area contributed by atoms with E-state index in [0.717, 1.165) is 29.8 Å². The molecule has 4 N–H and O–H groups in total. The molecule has 2 amide bonds. The number of aromatic nitrogens is 3. The first-order chi connectivity index (χ1) is 18.4. The van der Waals surface area contributed by atoms with Crippen LogP contribution >= 0.6 is 23.1 Å². The van der Waals surface area contributed by atoms with E-state index in [1.807, 2.05) is 45.8 Å². The van der Waals surface area contributed by atoms with E-state index in [0.29, 0.717) is 30.4 Å². The topological polar surface area (TPSA) is 155 Å². The van der Waals surface area contributed by atoms with E-state index >= 15 is 0 Å². The molecular weight excluding hydrogens is 530 g/mol. The maximum atomic E-state index is 13.2. The van der Waals surface area contributed by atoms with Crippen molar-refractivity contribution in [2.75, 3.05) is 18.1 Å². The van der Waals surface area contributed by atoms with Gasteiger partial charge in [0.1, 0.15) is 48.4 Å². The van der Waals surface area contributed by atoms with Gasteiger partial charge in [0.15, 0.2) is 10.8 Å². The lowest BCUT2D eigenvalue weighted by Crippen LogP contribution is -2.71. The van der Waals surface area contributed by atoms with E-state index in [2.05, 4.69) is 15.5 Å². The summed E-state index contributed by atoms with van der Waals surface area (Å²) in [4.78, 5) is 49.4. The molecule has 2 fully saturated rings. The Hall–Kier alpha value is -3.91. The first-order valence-corrected chi connectivity index (χ1v) is 13.9. The second kappa shape index (κ2) is 9.76. The van der Waals surface area contributed by atoms with E-state index < -0.39 is 29.2 Å². The van der Waals surface area contributed by atoms with Gasteiger partial charge in [-0.2, -0.15) is 0 Å². The third-order valence-electron chi connectivity index (χ3n) is 6.61. The molecule has 2 atom stereocenters. The zero-order valence-corrected chi connectivity index (χ0v) is 21.7. The number of β-lactam (4-membered cyclic amide) rings is 1. The van der Waals surface area contributed by atoms with Crippen LogP contribution in [0.5, 0.6) is 0 Å². The molecule has 3 aromatic heterocycles. The minimum absolute atomic E-state index is 0.0408. The SMILES string of the molecule is Nc1nc(C(=NOCC2CC2)C(=O)N[C@@H]2C(=O)N3C(C(=O)O)=C(C[n+]4ccn5ccccc54)CS[C@@H]23)cs1. The van der Waals surface area contributed by atoms with Crippen LogP contribution in [-0.2, 0) is 25.8 Å². The number of nitrogens with zero attached hydrogens (tertiary/aromatic N) is 5. The number of carboxylic acids is 1. The molecule has 0 bridgehead atoms. The fourth-order valence-electron chi connectivity index (χ4n) is 4.49. The molecule has 3 aromatic rings. The number of fused-ring (bicyclic) bond motifs is 2. The first-order valence-electron chi connectivity index (χ1n) is 12.0. The zero-order chi connectivity index (χ0) is 26.4. The average Bonchev–Trinajstić information content (AvgIpc) is 3.50. The fraction of sp³-hybridized carbons (Fsp3) is 0.333. The first kappa shape index (κ1) is 24.4. The van der Waals surface area contributed by atoms with Gasteiger partial charge in [0.25, 0.3) is 17.5 Å². The predicted octanol–water partition coefficient (Wildman–Crippen LogP) is 0.835. The number of imidazole rings is 1. The number of amides is 2. The van der Waals surface area contributed by atoms with Crippen molar-refractivity contribution in [1.29, 1.82) is 0 Å². The van der Waals surface area contributed by atoms with Crippen LogP contribution in [0.3, 0.4) is 0 Å². The Morgan fingerprint density at radius 2 is 2.16 bits per heavy atom. The highest BCUT2D eigenvalue weighted by Gasteiger charge is 2.54. The van der Waals surface area contributed by atoms with Gasteiger partial charge in [-0.3, -0.25) is 14.5 Å². The Bertz CT molecular complexity index is 1510. The predicted molar refractivity (Wildman–Crippen MR) is 139 cm³/mol. The number of thioether (sulfide) groups is 1. The normalized spacial score (nSPS) is 21.3. The van der Waals surface area contributed by atoms with Crippen LogP contribution < -0.4 is 15.6 Å². The van der Waals surface area contributed by atoms with E-state index in [-0.39, 0.29) is 22.2 Å². The Kier molecular flexibility index (Phi) is 6.27. The highest BCUT2D eigenvalue weighted by Crippen LogP contribution is 2.40. The van der Waals surface area contributed by atoms with Crippen molar-refractivity contribution in [1.82, 2.24) is 19.6 Å². The summed E-state index contributed by atoms with van der Waals surface area (Å²) < 4.78 is 3.87. The number of hydrogen-bond acceptors (Lipinski definition) is 9. The standard InChI is InChI=1S/C24H23N7O5S2/c25-24-26-15(12-38-24)17(28-36-10-13-4-5-13)20(32)27-18-21(33)31-19(23(34)35)14(11-37-22(18)31)9-30-8-7-29-6-2-1-3-16(29)30/h1-3,6-8,12-13,18,22H,4-5,9-11H2,(H3-,25,26,27,32,34,35)/p+1/t18-,22+/m1/s1. The van der Waals surface area contributed by atoms with Crippen molar-refractivity contribution >= 4 is 57.4 Å². The molecule has 14 heteroatoms. The van der Waals surface area contributed by atoms with Crippen molar-refractivity contribution in [2.24, 2.45) is 11.1 Å². The van der Waals surface area contributed by atoms with Gasteiger partial charge < -0.3 is 21.0 Å².